The Morgan fingerprint density at radius 2 is 2.00 bits per heavy atom. The zero-order chi connectivity index (χ0) is 21.8. The van der Waals surface area contributed by atoms with Crippen LogP contribution in [-0.4, -0.2) is 33.6 Å². The molecule has 0 saturated carbocycles. The smallest absolute Gasteiger partial charge is 0.261 e. The van der Waals surface area contributed by atoms with Crippen molar-refractivity contribution in [2.45, 2.75) is 11.8 Å². The average Bonchev–Trinajstić information content (AvgIpc) is 3.31. The number of pyridine rings is 1. The molecule has 4 rings (SSSR count). The summed E-state index contributed by atoms with van der Waals surface area (Å²) in [4.78, 5) is 4.12. The van der Waals surface area contributed by atoms with Gasteiger partial charge in [0.1, 0.15) is 23.7 Å². The standard InChI is InChI=1S/C20H15N7O3S/c1-14-10-17(30-20-15(12-21)4-3-9-22-20)7-8-19(14)24-31(28,29)18-6-2-5-16(11-18)27-13-23-25-26-27/h2-11,13,24H,1H3. The molecule has 2 heterocycles. The lowest BCUT2D eigenvalue weighted by Crippen LogP contribution is -2.14. The first-order valence-electron chi connectivity index (χ1n) is 8.96. The highest BCUT2D eigenvalue weighted by molar-refractivity contribution is 7.92. The van der Waals surface area contributed by atoms with E-state index in [1.165, 1.54) is 29.3 Å². The molecule has 2 aromatic carbocycles. The second-order valence-corrected chi connectivity index (χ2v) is 8.09. The Labute approximate surface area is 177 Å². The Bertz CT molecular complexity index is 1380. The van der Waals surface area contributed by atoms with Crippen molar-refractivity contribution in [1.29, 1.82) is 5.26 Å². The van der Waals surface area contributed by atoms with Gasteiger partial charge in [-0.3, -0.25) is 4.72 Å². The second-order valence-electron chi connectivity index (χ2n) is 6.40. The quantitative estimate of drug-likeness (QED) is 0.490. The molecule has 31 heavy (non-hydrogen) atoms. The van der Waals surface area contributed by atoms with Crippen molar-refractivity contribution in [3.63, 3.8) is 0 Å². The van der Waals surface area contributed by atoms with Gasteiger partial charge in [0.25, 0.3) is 10.0 Å². The van der Waals surface area contributed by atoms with Gasteiger partial charge in [0.05, 0.1) is 16.3 Å². The molecule has 1 N–H and O–H groups in total. The van der Waals surface area contributed by atoms with E-state index in [-0.39, 0.29) is 10.8 Å². The van der Waals surface area contributed by atoms with Crippen LogP contribution in [0.4, 0.5) is 5.69 Å². The van der Waals surface area contributed by atoms with Gasteiger partial charge in [0.2, 0.25) is 5.88 Å². The molecule has 10 nitrogen and oxygen atoms in total. The molecule has 0 spiro atoms. The number of hydrogen-bond donors (Lipinski definition) is 1. The number of nitrogens with zero attached hydrogens (tertiary/aromatic N) is 6. The van der Waals surface area contributed by atoms with Crippen LogP contribution in [0, 0.1) is 18.3 Å². The Hall–Kier alpha value is -4.30. The van der Waals surface area contributed by atoms with E-state index in [2.05, 4.69) is 25.2 Å². The van der Waals surface area contributed by atoms with E-state index in [9.17, 15) is 8.42 Å². The number of nitriles is 1. The van der Waals surface area contributed by atoms with E-state index < -0.39 is 10.0 Å². The summed E-state index contributed by atoms with van der Waals surface area (Å²) in [5, 5.41) is 20.0. The number of hydrogen-bond acceptors (Lipinski definition) is 8. The predicted molar refractivity (Wildman–Crippen MR) is 110 cm³/mol. The number of sulfonamides is 1. The molecule has 0 unspecified atom stereocenters. The van der Waals surface area contributed by atoms with Gasteiger partial charge in [0, 0.05) is 6.20 Å². The molecule has 0 aliphatic rings. The summed E-state index contributed by atoms with van der Waals surface area (Å²) in [6.07, 6.45) is 2.90. The predicted octanol–water partition coefficient (Wildman–Crippen LogP) is 2.83. The lowest BCUT2D eigenvalue weighted by atomic mass is 10.2. The van der Waals surface area contributed by atoms with Crippen molar-refractivity contribution < 1.29 is 13.2 Å². The lowest BCUT2D eigenvalue weighted by molar-refractivity contribution is 0.461. The normalized spacial score (nSPS) is 11.0. The molecular formula is C20H15N7O3S. The van der Waals surface area contributed by atoms with Crippen molar-refractivity contribution in [3.05, 3.63) is 78.2 Å². The third-order valence-electron chi connectivity index (χ3n) is 4.29. The highest BCUT2D eigenvalue weighted by Crippen LogP contribution is 2.28. The van der Waals surface area contributed by atoms with Crippen LogP contribution in [0.2, 0.25) is 0 Å². The van der Waals surface area contributed by atoms with Gasteiger partial charge in [-0.2, -0.15) is 5.26 Å². The Morgan fingerprint density at radius 3 is 2.74 bits per heavy atom. The highest BCUT2D eigenvalue weighted by Gasteiger charge is 2.17. The highest BCUT2D eigenvalue weighted by atomic mass is 32.2. The zero-order valence-electron chi connectivity index (χ0n) is 16.2. The van der Waals surface area contributed by atoms with Crippen molar-refractivity contribution in [3.8, 4) is 23.4 Å². The summed E-state index contributed by atoms with van der Waals surface area (Å²) < 4.78 is 35.4. The van der Waals surface area contributed by atoms with E-state index >= 15 is 0 Å². The second kappa shape index (κ2) is 8.21. The fraction of sp³-hybridized carbons (Fsp3) is 0.0500. The van der Waals surface area contributed by atoms with E-state index in [0.717, 1.165) is 0 Å². The monoisotopic (exact) mass is 433 g/mol. The lowest BCUT2D eigenvalue weighted by Gasteiger charge is -2.13. The van der Waals surface area contributed by atoms with Crippen molar-refractivity contribution in [2.75, 3.05) is 4.72 Å². The third-order valence-corrected chi connectivity index (χ3v) is 5.65. The Kier molecular flexibility index (Phi) is 5.30. The van der Waals surface area contributed by atoms with Crippen LogP contribution in [0.5, 0.6) is 11.6 Å². The molecule has 0 bridgehead atoms. The minimum atomic E-state index is -3.86. The fourth-order valence-electron chi connectivity index (χ4n) is 2.76. The average molecular weight is 433 g/mol. The molecule has 4 aromatic rings. The van der Waals surface area contributed by atoms with Crippen LogP contribution in [0.15, 0.2) is 72.0 Å². The molecule has 0 atom stereocenters. The van der Waals surface area contributed by atoms with Gasteiger partial charge in [-0.25, -0.2) is 18.1 Å². The molecule has 154 valence electrons. The van der Waals surface area contributed by atoms with Gasteiger partial charge >= 0.3 is 0 Å². The number of aromatic nitrogens is 5. The minimum absolute atomic E-state index is 0.0624. The van der Waals surface area contributed by atoms with Gasteiger partial charge in [0.15, 0.2) is 0 Å². The number of aryl methyl sites for hydroxylation is 1. The van der Waals surface area contributed by atoms with Crippen molar-refractivity contribution >= 4 is 15.7 Å². The third kappa shape index (κ3) is 4.34. The summed E-state index contributed by atoms with van der Waals surface area (Å²) in [5.74, 6) is 0.605. The SMILES string of the molecule is Cc1cc(Oc2ncccc2C#N)ccc1NS(=O)(=O)c1cccc(-n2cnnn2)c1. The molecule has 0 amide bonds. The Morgan fingerprint density at radius 1 is 1.13 bits per heavy atom. The van der Waals surface area contributed by atoms with Gasteiger partial charge in [-0.15, -0.1) is 5.10 Å². The maximum Gasteiger partial charge on any atom is 0.261 e. The van der Waals surface area contributed by atoms with E-state index in [0.29, 0.717) is 28.3 Å². The zero-order valence-corrected chi connectivity index (χ0v) is 17.0. The number of benzene rings is 2. The van der Waals surface area contributed by atoms with Crippen LogP contribution in [0.3, 0.4) is 0 Å². The number of rotatable bonds is 6. The van der Waals surface area contributed by atoms with Crippen LogP contribution in [0.1, 0.15) is 11.1 Å². The minimum Gasteiger partial charge on any atom is -0.438 e. The van der Waals surface area contributed by atoms with Crippen molar-refractivity contribution in [1.82, 2.24) is 25.2 Å². The number of tetrazole rings is 1. The number of ether oxygens (including phenoxy) is 1. The number of nitrogens with one attached hydrogen (secondary N) is 1. The summed E-state index contributed by atoms with van der Waals surface area (Å²) in [5.41, 5.74) is 1.83. The van der Waals surface area contributed by atoms with Crippen LogP contribution in [0.25, 0.3) is 5.69 Å². The number of anilines is 1. The van der Waals surface area contributed by atoms with Gasteiger partial charge in [-0.1, -0.05) is 6.07 Å². The Balaban J connectivity index is 1.57. The molecule has 0 aliphatic carbocycles. The largest absolute Gasteiger partial charge is 0.438 e. The summed E-state index contributed by atoms with van der Waals surface area (Å²) in [6, 6.07) is 16.3. The summed E-state index contributed by atoms with van der Waals surface area (Å²) in [7, 11) is -3.86. The molecule has 0 fully saturated rings. The molecule has 0 saturated heterocycles. The molecular weight excluding hydrogens is 418 g/mol. The molecule has 0 radical (unpaired) electrons. The van der Waals surface area contributed by atoms with Crippen LogP contribution in [-0.2, 0) is 10.0 Å². The maximum absolute atomic E-state index is 12.9. The van der Waals surface area contributed by atoms with E-state index in [4.69, 9.17) is 10.00 Å². The van der Waals surface area contributed by atoms with E-state index in [1.54, 1.807) is 49.4 Å². The fourth-order valence-corrected chi connectivity index (χ4v) is 3.93. The van der Waals surface area contributed by atoms with Crippen LogP contribution >= 0.6 is 0 Å². The summed E-state index contributed by atoms with van der Waals surface area (Å²) in [6.45, 7) is 1.74. The molecule has 11 heteroatoms. The van der Waals surface area contributed by atoms with Crippen LogP contribution < -0.4 is 9.46 Å². The van der Waals surface area contributed by atoms with Gasteiger partial charge < -0.3 is 4.74 Å². The first kappa shape index (κ1) is 20.0. The van der Waals surface area contributed by atoms with E-state index in [1.807, 2.05) is 6.07 Å². The van der Waals surface area contributed by atoms with Gasteiger partial charge in [-0.05, 0) is 71.4 Å². The topological polar surface area (TPSA) is 136 Å². The molecule has 0 aliphatic heterocycles. The summed E-state index contributed by atoms with van der Waals surface area (Å²) >= 11 is 0. The van der Waals surface area contributed by atoms with Crippen molar-refractivity contribution in [2.24, 2.45) is 0 Å². The maximum atomic E-state index is 12.9. The molecule has 2 aromatic heterocycles. The first-order chi connectivity index (χ1) is 15.0. The first-order valence-corrected chi connectivity index (χ1v) is 10.4.